The largest absolute Gasteiger partial charge is 0.373 e. The third kappa shape index (κ3) is 5.53. The van der Waals surface area contributed by atoms with Gasteiger partial charge in [-0.2, -0.15) is 4.31 Å². The Kier molecular flexibility index (Phi) is 7.22. The van der Waals surface area contributed by atoms with Crippen LogP contribution in [0.3, 0.4) is 0 Å². The lowest BCUT2D eigenvalue weighted by Gasteiger charge is -2.31. The molecule has 0 N–H and O–H groups in total. The van der Waals surface area contributed by atoms with Gasteiger partial charge in [-0.15, -0.1) is 0 Å². The highest BCUT2D eigenvalue weighted by Crippen LogP contribution is 2.27. The summed E-state index contributed by atoms with van der Waals surface area (Å²) in [5.74, 6) is -0.182. The van der Waals surface area contributed by atoms with Gasteiger partial charge < -0.3 is 4.74 Å². The minimum absolute atomic E-state index is 0.0897. The Hall–Kier alpha value is -2.02. The molecule has 2 aromatic carbocycles. The first-order chi connectivity index (χ1) is 13.9. The zero-order chi connectivity index (χ0) is 20.9. The van der Waals surface area contributed by atoms with Crippen LogP contribution in [0.1, 0.15) is 37.3 Å². The predicted octanol–water partition coefficient (Wildman–Crippen LogP) is 3.96. The van der Waals surface area contributed by atoms with Crippen LogP contribution in [0.15, 0.2) is 59.5 Å². The van der Waals surface area contributed by atoms with Gasteiger partial charge in [-0.05, 0) is 37.5 Å². The molecular formula is C23H29NO4S. The third-order valence-electron chi connectivity index (χ3n) is 5.49. The van der Waals surface area contributed by atoms with Crippen LogP contribution < -0.4 is 0 Å². The van der Waals surface area contributed by atoms with Gasteiger partial charge in [0.25, 0.3) is 0 Å². The quantitative estimate of drug-likeness (QED) is 0.655. The summed E-state index contributed by atoms with van der Waals surface area (Å²) in [6, 6.07) is 16.7. The first-order valence-corrected chi connectivity index (χ1v) is 11.6. The Morgan fingerprint density at radius 3 is 2.34 bits per heavy atom. The van der Waals surface area contributed by atoms with Gasteiger partial charge in [-0.1, -0.05) is 55.0 Å². The number of ketones is 1. The van der Waals surface area contributed by atoms with Crippen molar-refractivity contribution in [1.82, 2.24) is 4.31 Å². The third-order valence-corrected chi connectivity index (χ3v) is 7.44. The fraction of sp³-hybridized carbons (Fsp3) is 0.435. The van der Waals surface area contributed by atoms with Crippen molar-refractivity contribution in [2.75, 3.05) is 13.1 Å². The van der Waals surface area contributed by atoms with Crippen molar-refractivity contribution in [3.8, 4) is 0 Å². The van der Waals surface area contributed by atoms with Crippen LogP contribution in [0.5, 0.6) is 0 Å². The fourth-order valence-corrected chi connectivity index (χ4v) is 5.16. The molecule has 2 aromatic rings. The number of carbonyl (C=O) groups is 1. The first kappa shape index (κ1) is 21.7. The summed E-state index contributed by atoms with van der Waals surface area (Å²) in [7, 11) is -3.60. The standard InChI is InChI=1S/C23H29NO4S/c1-3-24(29(26,27)22-13-9-18(2)10-14-22)16-20-11-12-21(15-23(20)25)28-17-19-7-5-4-6-8-19/h4-10,13-14,20-21H,3,11-12,15-17H2,1-2H3. The minimum atomic E-state index is -3.60. The Bertz CT molecular complexity index is 910. The summed E-state index contributed by atoms with van der Waals surface area (Å²) in [6.07, 6.45) is 1.67. The molecule has 1 aliphatic carbocycles. The number of nitrogens with zero attached hydrogens (tertiary/aromatic N) is 1. The van der Waals surface area contributed by atoms with Gasteiger partial charge in [0, 0.05) is 25.4 Å². The molecule has 29 heavy (non-hydrogen) atoms. The second-order valence-corrected chi connectivity index (χ2v) is 9.57. The number of ether oxygens (including phenoxy) is 1. The SMILES string of the molecule is CCN(CC1CCC(OCc2ccccc2)CC1=O)S(=O)(=O)c1ccc(C)cc1. The molecule has 0 aromatic heterocycles. The lowest BCUT2D eigenvalue weighted by molar-refractivity contribution is -0.130. The van der Waals surface area contributed by atoms with Crippen molar-refractivity contribution in [1.29, 1.82) is 0 Å². The van der Waals surface area contributed by atoms with Crippen molar-refractivity contribution in [3.05, 3.63) is 65.7 Å². The van der Waals surface area contributed by atoms with E-state index in [2.05, 4.69) is 0 Å². The molecule has 0 amide bonds. The van der Waals surface area contributed by atoms with Gasteiger partial charge >= 0.3 is 0 Å². The topological polar surface area (TPSA) is 63.7 Å². The van der Waals surface area contributed by atoms with Gasteiger partial charge in [0.2, 0.25) is 10.0 Å². The van der Waals surface area contributed by atoms with E-state index in [0.717, 1.165) is 17.5 Å². The van der Waals surface area contributed by atoms with Crippen LogP contribution in [-0.4, -0.2) is 37.7 Å². The zero-order valence-corrected chi connectivity index (χ0v) is 17.9. The molecule has 0 saturated heterocycles. The van der Waals surface area contributed by atoms with E-state index < -0.39 is 10.0 Å². The monoisotopic (exact) mass is 415 g/mol. The Balaban J connectivity index is 1.58. The van der Waals surface area contributed by atoms with Gasteiger partial charge in [0.1, 0.15) is 5.78 Å². The molecule has 0 radical (unpaired) electrons. The normalized spacial score (nSPS) is 20.2. The second-order valence-electron chi connectivity index (χ2n) is 7.63. The van der Waals surface area contributed by atoms with Gasteiger partial charge in [0.15, 0.2) is 0 Å². The number of aryl methyl sites for hydroxylation is 1. The summed E-state index contributed by atoms with van der Waals surface area (Å²) < 4.78 is 33.3. The summed E-state index contributed by atoms with van der Waals surface area (Å²) in [4.78, 5) is 12.9. The van der Waals surface area contributed by atoms with Crippen molar-refractivity contribution in [3.63, 3.8) is 0 Å². The first-order valence-electron chi connectivity index (χ1n) is 10.1. The summed E-state index contributed by atoms with van der Waals surface area (Å²) in [5, 5.41) is 0. The van der Waals surface area contributed by atoms with E-state index in [0.29, 0.717) is 26.0 Å². The number of Topliss-reactive ketones (excluding diaryl/α,β-unsaturated/α-hetero) is 1. The molecule has 0 heterocycles. The van der Waals surface area contributed by atoms with Crippen LogP contribution in [0, 0.1) is 12.8 Å². The van der Waals surface area contributed by atoms with Crippen LogP contribution in [-0.2, 0) is 26.2 Å². The second kappa shape index (κ2) is 9.65. The van der Waals surface area contributed by atoms with E-state index in [9.17, 15) is 13.2 Å². The van der Waals surface area contributed by atoms with Crippen LogP contribution in [0.2, 0.25) is 0 Å². The number of rotatable bonds is 8. The predicted molar refractivity (Wildman–Crippen MR) is 113 cm³/mol. The maximum atomic E-state index is 13.0. The molecule has 156 valence electrons. The number of carbonyl (C=O) groups excluding carboxylic acids is 1. The number of sulfonamides is 1. The Morgan fingerprint density at radius 2 is 1.72 bits per heavy atom. The van der Waals surface area contributed by atoms with E-state index in [1.165, 1.54) is 4.31 Å². The molecule has 0 aliphatic heterocycles. The van der Waals surface area contributed by atoms with Crippen molar-refractivity contribution in [2.24, 2.45) is 5.92 Å². The molecular weight excluding hydrogens is 386 g/mol. The van der Waals surface area contributed by atoms with E-state index in [1.54, 1.807) is 24.3 Å². The fourth-order valence-electron chi connectivity index (χ4n) is 3.67. The average molecular weight is 416 g/mol. The van der Waals surface area contributed by atoms with Gasteiger partial charge in [-0.3, -0.25) is 4.79 Å². The van der Waals surface area contributed by atoms with Gasteiger partial charge in [-0.25, -0.2) is 8.42 Å². The Morgan fingerprint density at radius 1 is 1.03 bits per heavy atom. The van der Waals surface area contributed by atoms with Crippen molar-refractivity contribution in [2.45, 2.75) is 50.7 Å². The van der Waals surface area contributed by atoms with E-state index in [4.69, 9.17) is 4.74 Å². The number of benzene rings is 2. The molecule has 1 saturated carbocycles. The highest BCUT2D eigenvalue weighted by atomic mass is 32.2. The number of hydrogen-bond donors (Lipinski definition) is 0. The zero-order valence-electron chi connectivity index (χ0n) is 17.1. The van der Waals surface area contributed by atoms with E-state index in [-0.39, 0.29) is 29.2 Å². The smallest absolute Gasteiger partial charge is 0.243 e. The summed E-state index contributed by atoms with van der Waals surface area (Å²) in [6.45, 7) is 4.80. The maximum absolute atomic E-state index is 13.0. The molecule has 2 unspecified atom stereocenters. The van der Waals surface area contributed by atoms with E-state index >= 15 is 0 Å². The molecule has 2 atom stereocenters. The highest BCUT2D eigenvalue weighted by molar-refractivity contribution is 7.89. The summed E-state index contributed by atoms with van der Waals surface area (Å²) >= 11 is 0. The number of hydrogen-bond acceptors (Lipinski definition) is 4. The highest BCUT2D eigenvalue weighted by Gasteiger charge is 2.33. The molecule has 3 rings (SSSR count). The molecule has 5 nitrogen and oxygen atoms in total. The summed E-state index contributed by atoms with van der Waals surface area (Å²) in [5.41, 5.74) is 2.10. The molecule has 1 aliphatic rings. The molecule has 6 heteroatoms. The minimum Gasteiger partial charge on any atom is -0.373 e. The lowest BCUT2D eigenvalue weighted by atomic mass is 9.86. The molecule has 0 spiro atoms. The van der Waals surface area contributed by atoms with Gasteiger partial charge in [0.05, 0.1) is 17.6 Å². The Labute approximate surface area is 173 Å². The van der Waals surface area contributed by atoms with Crippen molar-refractivity contribution >= 4 is 15.8 Å². The molecule has 1 fully saturated rings. The average Bonchev–Trinajstić information content (AvgIpc) is 2.72. The maximum Gasteiger partial charge on any atom is 0.243 e. The van der Waals surface area contributed by atoms with Crippen LogP contribution >= 0.6 is 0 Å². The van der Waals surface area contributed by atoms with Crippen LogP contribution in [0.4, 0.5) is 0 Å². The molecule has 0 bridgehead atoms. The lowest BCUT2D eigenvalue weighted by Crippen LogP contribution is -2.41. The van der Waals surface area contributed by atoms with Crippen LogP contribution in [0.25, 0.3) is 0 Å². The van der Waals surface area contributed by atoms with Crippen molar-refractivity contribution < 1.29 is 17.9 Å². The van der Waals surface area contributed by atoms with E-state index in [1.807, 2.05) is 44.2 Å².